The van der Waals surface area contributed by atoms with E-state index < -0.39 is 9.84 Å². The fraction of sp³-hybridized carbons (Fsp3) is 0.188. The van der Waals surface area contributed by atoms with E-state index >= 15 is 0 Å². The average molecular weight is 304 g/mol. The summed E-state index contributed by atoms with van der Waals surface area (Å²) in [5.41, 5.74) is 2.32. The zero-order valence-corrected chi connectivity index (χ0v) is 12.5. The van der Waals surface area contributed by atoms with Crippen LogP contribution in [0.1, 0.15) is 21.5 Å². The first-order chi connectivity index (χ1) is 9.96. The van der Waals surface area contributed by atoms with Gasteiger partial charge in [-0.25, -0.2) is 8.42 Å². The van der Waals surface area contributed by atoms with E-state index in [1.165, 1.54) is 6.26 Å². The van der Waals surface area contributed by atoms with Gasteiger partial charge in [0.15, 0.2) is 9.84 Å². The first-order valence-corrected chi connectivity index (χ1v) is 8.46. The zero-order chi connectivity index (χ0) is 15.3. The van der Waals surface area contributed by atoms with Crippen LogP contribution in [0.5, 0.6) is 5.75 Å². The minimum Gasteiger partial charge on any atom is -0.489 e. The highest BCUT2D eigenvalue weighted by Gasteiger charge is 2.04. The Labute approximate surface area is 124 Å². The Hall–Kier alpha value is -2.14. The third kappa shape index (κ3) is 5.04. The Balaban J connectivity index is 1.95. The van der Waals surface area contributed by atoms with Crippen LogP contribution in [0, 0.1) is 0 Å². The third-order valence-electron chi connectivity index (χ3n) is 2.87. The number of hydrogen-bond acceptors (Lipinski definition) is 4. The molecule has 5 heteroatoms. The highest BCUT2D eigenvalue weighted by atomic mass is 32.2. The first-order valence-electron chi connectivity index (χ1n) is 6.40. The molecule has 0 spiro atoms. The van der Waals surface area contributed by atoms with Crippen LogP contribution in [0.4, 0.5) is 0 Å². The highest BCUT2D eigenvalue weighted by molar-refractivity contribution is 7.89. The van der Waals surface area contributed by atoms with Crippen LogP contribution in [-0.2, 0) is 22.2 Å². The Morgan fingerprint density at radius 2 is 1.52 bits per heavy atom. The SMILES string of the molecule is CS(=O)(=O)Cc1ccc(COc2ccc(C=O)cc2)cc1. The topological polar surface area (TPSA) is 60.4 Å². The van der Waals surface area contributed by atoms with Gasteiger partial charge >= 0.3 is 0 Å². The van der Waals surface area contributed by atoms with Crippen LogP contribution in [-0.4, -0.2) is 21.0 Å². The molecule has 0 radical (unpaired) electrons. The summed E-state index contributed by atoms with van der Waals surface area (Å²) in [5.74, 6) is 0.724. The number of carbonyl (C=O) groups excluding carboxylic acids is 1. The minimum absolute atomic E-state index is 0.0430. The van der Waals surface area contributed by atoms with Gasteiger partial charge in [0, 0.05) is 11.8 Å². The van der Waals surface area contributed by atoms with E-state index in [9.17, 15) is 13.2 Å². The standard InChI is InChI=1S/C16H16O4S/c1-21(18,19)12-15-4-2-14(3-5-15)11-20-16-8-6-13(10-17)7-9-16/h2-10H,11-12H2,1H3. The van der Waals surface area contributed by atoms with Gasteiger partial charge in [0.1, 0.15) is 18.6 Å². The van der Waals surface area contributed by atoms with Gasteiger partial charge in [-0.3, -0.25) is 4.79 Å². The fourth-order valence-corrected chi connectivity index (χ4v) is 2.64. The van der Waals surface area contributed by atoms with Crippen LogP contribution >= 0.6 is 0 Å². The van der Waals surface area contributed by atoms with E-state index in [-0.39, 0.29) is 5.75 Å². The molecule has 0 aliphatic carbocycles. The lowest BCUT2D eigenvalue weighted by Crippen LogP contribution is -2.01. The van der Waals surface area contributed by atoms with Crippen LogP contribution in [0.25, 0.3) is 0 Å². The van der Waals surface area contributed by atoms with E-state index in [4.69, 9.17) is 4.74 Å². The maximum absolute atomic E-state index is 11.2. The average Bonchev–Trinajstić information content (AvgIpc) is 2.45. The van der Waals surface area contributed by atoms with E-state index in [1.807, 2.05) is 12.1 Å². The van der Waals surface area contributed by atoms with E-state index in [2.05, 4.69) is 0 Å². The largest absolute Gasteiger partial charge is 0.489 e. The second-order valence-corrected chi connectivity index (χ2v) is 7.00. The molecule has 0 N–H and O–H groups in total. The number of carbonyl (C=O) groups is 1. The van der Waals surface area contributed by atoms with Crippen molar-refractivity contribution in [3.05, 3.63) is 65.2 Å². The number of hydrogen-bond donors (Lipinski definition) is 0. The van der Waals surface area contributed by atoms with Gasteiger partial charge in [0.25, 0.3) is 0 Å². The van der Waals surface area contributed by atoms with E-state index in [0.29, 0.717) is 17.9 Å². The molecule has 0 saturated heterocycles. The van der Waals surface area contributed by atoms with Crippen molar-refractivity contribution < 1.29 is 17.9 Å². The molecule has 0 amide bonds. The summed E-state index contributed by atoms with van der Waals surface area (Å²) in [7, 11) is -3.01. The molecule has 0 unspecified atom stereocenters. The quantitative estimate of drug-likeness (QED) is 0.770. The number of rotatable bonds is 6. The van der Waals surface area contributed by atoms with Crippen molar-refractivity contribution in [2.75, 3.05) is 6.26 Å². The van der Waals surface area contributed by atoms with Gasteiger partial charge < -0.3 is 4.74 Å². The van der Waals surface area contributed by atoms with Crippen molar-refractivity contribution in [2.45, 2.75) is 12.4 Å². The lowest BCUT2D eigenvalue weighted by Gasteiger charge is -2.07. The zero-order valence-electron chi connectivity index (χ0n) is 11.7. The number of ether oxygens (including phenoxy) is 1. The van der Waals surface area contributed by atoms with Gasteiger partial charge in [-0.2, -0.15) is 0 Å². The Morgan fingerprint density at radius 1 is 0.952 bits per heavy atom. The number of aldehydes is 1. The van der Waals surface area contributed by atoms with Crippen molar-refractivity contribution in [3.63, 3.8) is 0 Å². The third-order valence-corrected chi connectivity index (χ3v) is 3.73. The van der Waals surface area contributed by atoms with E-state index in [0.717, 1.165) is 17.4 Å². The molecule has 0 bridgehead atoms. The molecule has 21 heavy (non-hydrogen) atoms. The van der Waals surface area contributed by atoms with Gasteiger partial charge in [-0.1, -0.05) is 24.3 Å². The molecule has 110 valence electrons. The monoisotopic (exact) mass is 304 g/mol. The Morgan fingerprint density at radius 3 is 2.05 bits per heavy atom. The molecule has 2 aromatic carbocycles. The van der Waals surface area contributed by atoms with Gasteiger partial charge in [0.2, 0.25) is 0 Å². The lowest BCUT2D eigenvalue weighted by molar-refractivity contribution is 0.112. The Bertz CT molecular complexity index is 701. The molecule has 0 atom stereocenters. The molecule has 2 rings (SSSR count). The van der Waals surface area contributed by atoms with Crippen molar-refractivity contribution in [1.82, 2.24) is 0 Å². The molecular weight excluding hydrogens is 288 g/mol. The van der Waals surface area contributed by atoms with Crippen molar-refractivity contribution >= 4 is 16.1 Å². The maximum Gasteiger partial charge on any atom is 0.151 e. The predicted molar refractivity (Wildman–Crippen MR) is 81.2 cm³/mol. The summed E-state index contributed by atoms with van der Waals surface area (Å²) in [6.07, 6.45) is 2.00. The molecule has 0 heterocycles. The molecule has 4 nitrogen and oxygen atoms in total. The highest BCUT2D eigenvalue weighted by Crippen LogP contribution is 2.14. The molecule has 2 aromatic rings. The van der Waals surface area contributed by atoms with Gasteiger partial charge in [-0.15, -0.1) is 0 Å². The summed E-state index contributed by atoms with van der Waals surface area (Å²) in [6, 6.07) is 14.1. The van der Waals surface area contributed by atoms with Crippen LogP contribution in [0.2, 0.25) is 0 Å². The second-order valence-electron chi connectivity index (χ2n) is 4.86. The molecule has 0 aromatic heterocycles. The number of benzene rings is 2. The second kappa shape index (κ2) is 6.54. The van der Waals surface area contributed by atoms with Crippen LogP contribution in [0.15, 0.2) is 48.5 Å². The van der Waals surface area contributed by atoms with Crippen molar-refractivity contribution in [1.29, 1.82) is 0 Å². The summed E-state index contributed by atoms with van der Waals surface area (Å²) in [5, 5.41) is 0. The first kappa shape index (κ1) is 15.3. The molecular formula is C16H16O4S. The van der Waals surface area contributed by atoms with Crippen LogP contribution in [0.3, 0.4) is 0 Å². The summed E-state index contributed by atoms with van der Waals surface area (Å²) >= 11 is 0. The van der Waals surface area contributed by atoms with E-state index in [1.54, 1.807) is 36.4 Å². The molecule has 0 saturated carbocycles. The molecule has 0 aliphatic heterocycles. The molecule has 0 aliphatic rings. The maximum atomic E-state index is 11.2. The Kier molecular flexibility index (Phi) is 4.75. The van der Waals surface area contributed by atoms with Crippen molar-refractivity contribution in [3.8, 4) is 5.75 Å². The number of sulfone groups is 1. The summed E-state index contributed by atoms with van der Waals surface area (Å²) < 4.78 is 28.0. The summed E-state index contributed by atoms with van der Waals surface area (Å²) in [4.78, 5) is 10.5. The van der Waals surface area contributed by atoms with Gasteiger partial charge in [0.05, 0.1) is 5.75 Å². The summed E-state index contributed by atoms with van der Waals surface area (Å²) in [6.45, 7) is 0.388. The van der Waals surface area contributed by atoms with Gasteiger partial charge in [-0.05, 0) is 35.4 Å². The predicted octanol–water partition coefficient (Wildman–Crippen LogP) is 2.62. The normalized spacial score (nSPS) is 11.1. The van der Waals surface area contributed by atoms with Crippen molar-refractivity contribution in [2.24, 2.45) is 0 Å². The van der Waals surface area contributed by atoms with Crippen LogP contribution < -0.4 is 4.74 Å². The lowest BCUT2D eigenvalue weighted by atomic mass is 10.2. The minimum atomic E-state index is -3.01. The molecule has 0 fully saturated rings. The smallest absolute Gasteiger partial charge is 0.151 e. The fourth-order valence-electron chi connectivity index (χ4n) is 1.84.